The predicted octanol–water partition coefficient (Wildman–Crippen LogP) is 2.12. The summed E-state index contributed by atoms with van der Waals surface area (Å²) in [5.41, 5.74) is 2.33. The smallest absolute Gasteiger partial charge is 0.114 e. The molecule has 3 rings (SSSR count). The molecular formula is C12H12N2O. The van der Waals surface area contributed by atoms with Crippen molar-refractivity contribution in [1.29, 1.82) is 0 Å². The van der Waals surface area contributed by atoms with Gasteiger partial charge in [0.25, 0.3) is 0 Å². The Morgan fingerprint density at radius 3 is 2.60 bits per heavy atom. The van der Waals surface area contributed by atoms with Gasteiger partial charge in [0.05, 0.1) is 12.9 Å². The monoisotopic (exact) mass is 200 g/mol. The number of rotatable bonds is 2. The second kappa shape index (κ2) is 2.94. The number of ether oxygens (including phenoxy) is 1. The highest BCUT2D eigenvalue weighted by Gasteiger charge is 2.40. The zero-order chi connectivity index (χ0) is 10.3. The highest BCUT2D eigenvalue weighted by molar-refractivity contribution is 5.37. The highest BCUT2D eigenvalue weighted by Crippen LogP contribution is 2.37. The third-order valence-electron chi connectivity index (χ3n) is 2.86. The Hall–Kier alpha value is -1.61. The first-order chi connectivity index (χ1) is 7.28. The lowest BCUT2D eigenvalue weighted by molar-refractivity contribution is 0.329. The van der Waals surface area contributed by atoms with Gasteiger partial charge >= 0.3 is 0 Å². The molecule has 76 valence electrons. The molecule has 0 amide bonds. The maximum Gasteiger partial charge on any atom is 0.114 e. The van der Waals surface area contributed by atoms with Crippen LogP contribution in [0.3, 0.4) is 0 Å². The van der Waals surface area contributed by atoms with Crippen molar-refractivity contribution < 1.29 is 4.74 Å². The van der Waals surface area contributed by atoms with Gasteiger partial charge in [0.1, 0.15) is 5.60 Å². The summed E-state index contributed by atoms with van der Waals surface area (Å²) in [7, 11) is 0. The van der Waals surface area contributed by atoms with Gasteiger partial charge in [0, 0.05) is 18.1 Å². The van der Waals surface area contributed by atoms with Gasteiger partial charge in [0.15, 0.2) is 0 Å². The summed E-state index contributed by atoms with van der Waals surface area (Å²) in [6, 6.07) is 8.40. The molecule has 1 aliphatic heterocycles. The molecule has 0 bridgehead atoms. The largest absolute Gasteiger partial charge is 0.365 e. The number of epoxide rings is 1. The van der Waals surface area contributed by atoms with E-state index in [2.05, 4.69) is 36.2 Å². The van der Waals surface area contributed by atoms with Gasteiger partial charge in [-0.15, -0.1) is 0 Å². The molecule has 0 N–H and O–H groups in total. The van der Waals surface area contributed by atoms with Crippen molar-refractivity contribution in [3.63, 3.8) is 0 Å². The van der Waals surface area contributed by atoms with Crippen LogP contribution in [0.4, 0.5) is 0 Å². The maximum atomic E-state index is 5.39. The van der Waals surface area contributed by atoms with Crippen molar-refractivity contribution in [3.05, 3.63) is 48.5 Å². The van der Waals surface area contributed by atoms with Crippen molar-refractivity contribution in [1.82, 2.24) is 9.55 Å². The molecule has 3 heteroatoms. The van der Waals surface area contributed by atoms with Crippen LogP contribution in [0.1, 0.15) is 12.5 Å². The van der Waals surface area contributed by atoms with E-state index in [-0.39, 0.29) is 5.60 Å². The lowest BCUT2D eigenvalue weighted by atomic mass is 10.0. The lowest BCUT2D eigenvalue weighted by Gasteiger charge is -2.07. The average molecular weight is 200 g/mol. The van der Waals surface area contributed by atoms with Crippen LogP contribution in [0.2, 0.25) is 0 Å². The van der Waals surface area contributed by atoms with Gasteiger partial charge < -0.3 is 9.30 Å². The van der Waals surface area contributed by atoms with Crippen molar-refractivity contribution in [2.45, 2.75) is 12.5 Å². The third kappa shape index (κ3) is 1.45. The number of imidazole rings is 1. The zero-order valence-corrected chi connectivity index (χ0v) is 8.55. The minimum absolute atomic E-state index is 0.0343. The van der Waals surface area contributed by atoms with Crippen LogP contribution in [-0.2, 0) is 10.3 Å². The van der Waals surface area contributed by atoms with E-state index in [1.807, 2.05) is 10.8 Å². The SMILES string of the molecule is CC1(c2ccc(-n3ccnc3)cc2)CO1. The summed E-state index contributed by atoms with van der Waals surface area (Å²) >= 11 is 0. The zero-order valence-electron chi connectivity index (χ0n) is 8.55. The van der Waals surface area contributed by atoms with Crippen molar-refractivity contribution in [2.75, 3.05) is 6.61 Å². The normalized spacial score (nSPS) is 24.1. The Morgan fingerprint density at radius 2 is 2.07 bits per heavy atom. The summed E-state index contributed by atoms with van der Waals surface area (Å²) < 4.78 is 7.38. The molecule has 1 unspecified atom stereocenters. The van der Waals surface area contributed by atoms with E-state index in [9.17, 15) is 0 Å². The van der Waals surface area contributed by atoms with E-state index in [1.54, 1.807) is 12.5 Å². The van der Waals surface area contributed by atoms with Crippen LogP contribution in [0, 0.1) is 0 Å². The molecule has 2 aromatic rings. The first kappa shape index (κ1) is 8.68. The summed E-state index contributed by atoms with van der Waals surface area (Å²) in [6.45, 7) is 2.94. The summed E-state index contributed by atoms with van der Waals surface area (Å²) in [5, 5.41) is 0. The molecule has 0 aliphatic carbocycles. The van der Waals surface area contributed by atoms with Crippen molar-refractivity contribution in [2.24, 2.45) is 0 Å². The van der Waals surface area contributed by atoms with Crippen LogP contribution in [0.25, 0.3) is 5.69 Å². The van der Waals surface area contributed by atoms with Gasteiger partial charge in [0.2, 0.25) is 0 Å². The first-order valence-electron chi connectivity index (χ1n) is 5.01. The Bertz CT molecular complexity index is 455. The van der Waals surface area contributed by atoms with E-state index in [4.69, 9.17) is 4.74 Å². The molecule has 0 saturated carbocycles. The topological polar surface area (TPSA) is 30.4 Å². The molecule has 1 aliphatic rings. The number of nitrogens with zero attached hydrogens (tertiary/aromatic N) is 2. The molecule has 0 radical (unpaired) electrons. The second-order valence-corrected chi connectivity index (χ2v) is 4.04. The standard InChI is InChI=1S/C12H12N2O/c1-12(8-15-12)10-2-4-11(5-3-10)14-7-6-13-9-14/h2-7,9H,8H2,1H3. The number of hydrogen-bond donors (Lipinski definition) is 0. The van der Waals surface area contributed by atoms with Gasteiger partial charge in [-0.25, -0.2) is 4.98 Å². The highest BCUT2D eigenvalue weighted by atomic mass is 16.6. The molecule has 1 aromatic heterocycles. The molecule has 2 heterocycles. The second-order valence-electron chi connectivity index (χ2n) is 4.04. The number of aromatic nitrogens is 2. The van der Waals surface area contributed by atoms with Crippen LogP contribution in [0.5, 0.6) is 0 Å². The minimum Gasteiger partial charge on any atom is -0.365 e. The first-order valence-corrected chi connectivity index (χ1v) is 5.01. The van der Waals surface area contributed by atoms with E-state index in [0.29, 0.717) is 0 Å². The van der Waals surface area contributed by atoms with Crippen LogP contribution >= 0.6 is 0 Å². The molecule has 1 saturated heterocycles. The van der Waals surface area contributed by atoms with E-state index >= 15 is 0 Å². The number of hydrogen-bond acceptors (Lipinski definition) is 2. The average Bonchev–Trinajstić information content (AvgIpc) is 2.84. The maximum absolute atomic E-state index is 5.39. The predicted molar refractivity (Wildman–Crippen MR) is 56.9 cm³/mol. The summed E-state index contributed by atoms with van der Waals surface area (Å²) in [5.74, 6) is 0. The molecular weight excluding hydrogens is 188 g/mol. The van der Waals surface area contributed by atoms with Gasteiger partial charge in [-0.2, -0.15) is 0 Å². The van der Waals surface area contributed by atoms with Crippen LogP contribution < -0.4 is 0 Å². The van der Waals surface area contributed by atoms with E-state index < -0.39 is 0 Å². The van der Waals surface area contributed by atoms with Crippen LogP contribution in [-0.4, -0.2) is 16.2 Å². The molecule has 1 atom stereocenters. The summed E-state index contributed by atoms with van der Waals surface area (Å²) in [6.07, 6.45) is 5.51. The third-order valence-corrected chi connectivity index (χ3v) is 2.86. The van der Waals surface area contributed by atoms with Crippen molar-refractivity contribution in [3.8, 4) is 5.69 Å². The van der Waals surface area contributed by atoms with E-state index in [0.717, 1.165) is 12.3 Å². The molecule has 15 heavy (non-hydrogen) atoms. The Kier molecular flexibility index (Phi) is 1.70. The molecule has 3 nitrogen and oxygen atoms in total. The van der Waals surface area contributed by atoms with Gasteiger partial charge in [-0.1, -0.05) is 12.1 Å². The molecule has 1 aromatic carbocycles. The Labute approximate surface area is 88.3 Å². The van der Waals surface area contributed by atoms with E-state index in [1.165, 1.54) is 5.56 Å². The fourth-order valence-electron chi connectivity index (χ4n) is 1.67. The van der Waals surface area contributed by atoms with Crippen LogP contribution in [0.15, 0.2) is 43.0 Å². The van der Waals surface area contributed by atoms with Gasteiger partial charge in [-0.05, 0) is 24.6 Å². The fourth-order valence-corrected chi connectivity index (χ4v) is 1.67. The van der Waals surface area contributed by atoms with Crippen molar-refractivity contribution >= 4 is 0 Å². The number of benzene rings is 1. The molecule has 1 fully saturated rings. The van der Waals surface area contributed by atoms with Gasteiger partial charge in [-0.3, -0.25) is 0 Å². The lowest BCUT2D eigenvalue weighted by Crippen LogP contribution is -2.02. The molecule has 0 spiro atoms. The Balaban J connectivity index is 1.94. The fraction of sp³-hybridized carbons (Fsp3) is 0.250. The quantitative estimate of drug-likeness (QED) is 0.695. The summed E-state index contributed by atoms with van der Waals surface area (Å²) in [4.78, 5) is 4.02. The Morgan fingerprint density at radius 1 is 1.33 bits per heavy atom. The minimum atomic E-state index is -0.0343.